The van der Waals surface area contributed by atoms with Crippen molar-refractivity contribution in [3.63, 3.8) is 0 Å². The van der Waals surface area contributed by atoms with E-state index in [0.29, 0.717) is 6.04 Å². The first-order chi connectivity index (χ1) is 9.97. The van der Waals surface area contributed by atoms with E-state index in [-0.39, 0.29) is 5.91 Å². The number of hydrogen-bond donors (Lipinski definition) is 2. The Morgan fingerprint density at radius 3 is 2.52 bits per heavy atom. The van der Waals surface area contributed by atoms with Crippen LogP contribution in [-0.4, -0.2) is 68.1 Å². The minimum atomic E-state index is -0.483. The van der Waals surface area contributed by atoms with Crippen molar-refractivity contribution >= 4 is 5.91 Å². The van der Waals surface area contributed by atoms with Crippen molar-refractivity contribution in [3.8, 4) is 0 Å². The quantitative estimate of drug-likeness (QED) is 0.782. The molecule has 0 aromatic heterocycles. The van der Waals surface area contributed by atoms with Gasteiger partial charge in [0.2, 0.25) is 5.91 Å². The van der Waals surface area contributed by atoms with Gasteiger partial charge in [-0.25, -0.2) is 0 Å². The van der Waals surface area contributed by atoms with Gasteiger partial charge in [-0.15, -0.1) is 0 Å². The Labute approximate surface area is 129 Å². The molecule has 2 fully saturated rings. The number of nitrogens with zero attached hydrogens (tertiary/aromatic N) is 2. The van der Waals surface area contributed by atoms with Crippen LogP contribution in [0.4, 0.5) is 0 Å². The number of amides is 1. The zero-order valence-electron chi connectivity index (χ0n) is 13.9. The Bertz CT molecular complexity index is 352. The molecule has 2 rings (SSSR count). The summed E-state index contributed by atoms with van der Waals surface area (Å²) in [5, 5.41) is 3.21. The molecule has 122 valence electrons. The number of carbonyl (C=O) groups excluding carboxylic acids is 1. The molecule has 1 aliphatic carbocycles. The number of rotatable bonds is 5. The highest BCUT2D eigenvalue weighted by Crippen LogP contribution is 2.33. The van der Waals surface area contributed by atoms with Gasteiger partial charge in [0, 0.05) is 12.6 Å². The van der Waals surface area contributed by atoms with Crippen LogP contribution >= 0.6 is 0 Å². The van der Waals surface area contributed by atoms with Crippen molar-refractivity contribution in [1.29, 1.82) is 0 Å². The van der Waals surface area contributed by atoms with Crippen LogP contribution in [0.5, 0.6) is 0 Å². The Kier molecular flexibility index (Phi) is 5.63. The first kappa shape index (κ1) is 16.7. The predicted octanol–water partition coefficient (Wildman–Crippen LogP) is 0.646. The second-order valence-corrected chi connectivity index (χ2v) is 7.19. The van der Waals surface area contributed by atoms with Gasteiger partial charge < -0.3 is 20.9 Å². The standard InChI is InChI=1S/C16H32N4O/c1-18-16(15(17)21)8-4-5-14(11-16)20-9-6-13(7-10-20)12-19(2)3/h13-14,18H,4-12H2,1-3H3,(H2,17,21). The highest BCUT2D eigenvalue weighted by Gasteiger charge is 2.42. The summed E-state index contributed by atoms with van der Waals surface area (Å²) >= 11 is 0. The van der Waals surface area contributed by atoms with E-state index in [1.165, 1.54) is 38.9 Å². The van der Waals surface area contributed by atoms with Crippen LogP contribution in [0.1, 0.15) is 38.5 Å². The molecule has 0 spiro atoms. The van der Waals surface area contributed by atoms with Gasteiger partial charge in [-0.2, -0.15) is 0 Å². The average molecular weight is 296 g/mol. The minimum absolute atomic E-state index is 0.183. The number of piperidine rings is 1. The average Bonchev–Trinajstić information content (AvgIpc) is 2.47. The molecule has 1 heterocycles. The van der Waals surface area contributed by atoms with E-state index >= 15 is 0 Å². The first-order valence-electron chi connectivity index (χ1n) is 8.34. The number of likely N-dealkylation sites (N-methyl/N-ethyl adjacent to an activating group) is 1. The number of likely N-dealkylation sites (tertiary alicyclic amines) is 1. The maximum Gasteiger partial charge on any atom is 0.237 e. The number of hydrogen-bond acceptors (Lipinski definition) is 4. The van der Waals surface area contributed by atoms with Crippen LogP contribution in [0.15, 0.2) is 0 Å². The Balaban J connectivity index is 1.90. The zero-order valence-corrected chi connectivity index (χ0v) is 13.9. The smallest absolute Gasteiger partial charge is 0.237 e. The lowest BCUT2D eigenvalue weighted by molar-refractivity contribution is -0.126. The molecule has 2 atom stereocenters. The molecule has 1 saturated carbocycles. The summed E-state index contributed by atoms with van der Waals surface area (Å²) in [5.41, 5.74) is 5.17. The van der Waals surface area contributed by atoms with Gasteiger partial charge in [0.15, 0.2) is 0 Å². The van der Waals surface area contributed by atoms with Crippen LogP contribution in [0.3, 0.4) is 0 Å². The molecule has 21 heavy (non-hydrogen) atoms. The van der Waals surface area contributed by atoms with Crippen molar-refractivity contribution < 1.29 is 4.79 Å². The molecular weight excluding hydrogens is 264 g/mol. The van der Waals surface area contributed by atoms with Crippen LogP contribution < -0.4 is 11.1 Å². The third-order valence-electron chi connectivity index (χ3n) is 5.46. The summed E-state index contributed by atoms with van der Waals surface area (Å²) in [4.78, 5) is 16.7. The van der Waals surface area contributed by atoms with Crippen molar-refractivity contribution in [2.24, 2.45) is 11.7 Å². The van der Waals surface area contributed by atoms with E-state index in [1.54, 1.807) is 0 Å². The van der Waals surface area contributed by atoms with Crippen molar-refractivity contribution in [2.75, 3.05) is 40.8 Å². The fourth-order valence-electron chi connectivity index (χ4n) is 4.15. The van der Waals surface area contributed by atoms with Crippen molar-refractivity contribution in [3.05, 3.63) is 0 Å². The summed E-state index contributed by atoms with van der Waals surface area (Å²) in [6.45, 7) is 3.53. The minimum Gasteiger partial charge on any atom is -0.368 e. The molecule has 3 N–H and O–H groups in total. The molecule has 2 unspecified atom stereocenters. The summed E-state index contributed by atoms with van der Waals surface area (Å²) in [6.07, 6.45) is 6.60. The molecule has 0 aromatic rings. The summed E-state index contributed by atoms with van der Waals surface area (Å²) in [5.74, 6) is 0.641. The van der Waals surface area contributed by atoms with E-state index < -0.39 is 5.54 Å². The predicted molar refractivity (Wildman–Crippen MR) is 86.1 cm³/mol. The lowest BCUT2D eigenvalue weighted by Crippen LogP contribution is -2.60. The highest BCUT2D eigenvalue weighted by molar-refractivity contribution is 5.84. The van der Waals surface area contributed by atoms with E-state index in [1.807, 2.05) is 7.05 Å². The molecule has 1 amide bonds. The second-order valence-electron chi connectivity index (χ2n) is 7.19. The van der Waals surface area contributed by atoms with Crippen LogP contribution in [0.25, 0.3) is 0 Å². The number of primary amides is 1. The molecule has 1 aliphatic heterocycles. The lowest BCUT2D eigenvalue weighted by Gasteiger charge is -2.45. The monoisotopic (exact) mass is 296 g/mol. The maximum atomic E-state index is 11.8. The van der Waals surface area contributed by atoms with E-state index in [2.05, 4.69) is 29.2 Å². The molecule has 5 heteroatoms. The normalized spacial score (nSPS) is 32.5. The molecule has 0 bridgehead atoms. The Morgan fingerprint density at radius 2 is 2.00 bits per heavy atom. The van der Waals surface area contributed by atoms with Crippen LogP contribution in [-0.2, 0) is 4.79 Å². The molecular formula is C16H32N4O. The van der Waals surface area contributed by atoms with E-state index in [9.17, 15) is 4.79 Å². The summed E-state index contributed by atoms with van der Waals surface area (Å²) in [7, 11) is 6.18. The van der Waals surface area contributed by atoms with E-state index in [4.69, 9.17) is 5.73 Å². The fraction of sp³-hybridized carbons (Fsp3) is 0.938. The highest BCUT2D eigenvalue weighted by atomic mass is 16.1. The molecule has 2 aliphatic rings. The maximum absolute atomic E-state index is 11.8. The van der Waals surface area contributed by atoms with Crippen LogP contribution in [0.2, 0.25) is 0 Å². The molecule has 5 nitrogen and oxygen atoms in total. The van der Waals surface area contributed by atoms with E-state index in [0.717, 1.165) is 25.2 Å². The van der Waals surface area contributed by atoms with Crippen LogP contribution in [0, 0.1) is 5.92 Å². The lowest BCUT2D eigenvalue weighted by atomic mass is 9.77. The number of nitrogens with two attached hydrogens (primary N) is 1. The SMILES string of the molecule is CNC1(C(N)=O)CCCC(N2CCC(CN(C)C)CC2)C1. The third kappa shape index (κ3) is 3.96. The van der Waals surface area contributed by atoms with Gasteiger partial charge in [-0.3, -0.25) is 4.79 Å². The van der Waals surface area contributed by atoms with Gasteiger partial charge in [-0.1, -0.05) is 0 Å². The number of carbonyl (C=O) groups is 1. The molecule has 0 aromatic carbocycles. The largest absolute Gasteiger partial charge is 0.368 e. The first-order valence-corrected chi connectivity index (χ1v) is 8.34. The fourth-order valence-corrected chi connectivity index (χ4v) is 4.15. The molecule has 1 saturated heterocycles. The Hall–Kier alpha value is -0.650. The van der Waals surface area contributed by atoms with Crippen molar-refractivity contribution in [2.45, 2.75) is 50.1 Å². The zero-order chi connectivity index (χ0) is 15.5. The van der Waals surface area contributed by atoms with Gasteiger partial charge in [0.1, 0.15) is 0 Å². The third-order valence-corrected chi connectivity index (χ3v) is 5.46. The topological polar surface area (TPSA) is 61.6 Å². The second kappa shape index (κ2) is 7.07. The summed E-state index contributed by atoms with van der Waals surface area (Å²) < 4.78 is 0. The van der Waals surface area contributed by atoms with Gasteiger partial charge in [0.25, 0.3) is 0 Å². The Morgan fingerprint density at radius 1 is 1.33 bits per heavy atom. The molecule has 0 radical (unpaired) electrons. The van der Waals surface area contributed by atoms with Gasteiger partial charge in [0.05, 0.1) is 5.54 Å². The summed E-state index contributed by atoms with van der Waals surface area (Å²) in [6, 6.07) is 0.513. The van der Waals surface area contributed by atoms with Crippen molar-refractivity contribution in [1.82, 2.24) is 15.1 Å². The van der Waals surface area contributed by atoms with Gasteiger partial charge in [-0.05, 0) is 78.7 Å². The number of nitrogens with one attached hydrogen (secondary N) is 1. The van der Waals surface area contributed by atoms with Gasteiger partial charge >= 0.3 is 0 Å².